The van der Waals surface area contributed by atoms with Gasteiger partial charge in [0, 0.05) is 50.0 Å². The number of aromatic nitrogens is 4. The van der Waals surface area contributed by atoms with Crippen LogP contribution in [0.5, 0.6) is 0 Å². The summed E-state index contributed by atoms with van der Waals surface area (Å²) in [4.78, 5) is 14.8. The lowest BCUT2D eigenvalue weighted by Crippen LogP contribution is -2.38. The minimum absolute atomic E-state index is 0.115. The van der Waals surface area contributed by atoms with Crippen molar-refractivity contribution in [1.82, 2.24) is 24.5 Å². The molecule has 1 saturated heterocycles. The maximum Gasteiger partial charge on any atom is 0.253 e. The van der Waals surface area contributed by atoms with Crippen LogP contribution in [0.3, 0.4) is 0 Å². The summed E-state index contributed by atoms with van der Waals surface area (Å²) in [6.45, 7) is 2.61. The minimum Gasteiger partial charge on any atom is -0.339 e. The van der Waals surface area contributed by atoms with Crippen molar-refractivity contribution in [3.8, 4) is 5.69 Å². The van der Waals surface area contributed by atoms with Crippen molar-refractivity contribution in [2.45, 2.75) is 25.8 Å². The molecule has 0 spiro atoms. The Morgan fingerprint density at radius 2 is 1.85 bits per heavy atom. The van der Waals surface area contributed by atoms with Gasteiger partial charge in [0.25, 0.3) is 5.91 Å². The second-order valence-corrected chi connectivity index (χ2v) is 6.79. The molecule has 3 heterocycles. The molecule has 0 saturated carbocycles. The van der Waals surface area contributed by atoms with Gasteiger partial charge in [0.1, 0.15) is 0 Å². The van der Waals surface area contributed by atoms with Crippen molar-refractivity contribution in [3.63, 3.8) is 0 Å². The van der Waals surface area contributed by atoms with Crippen molar-refractivity contribution in [3.05, 3.63) is 66.7 Å². The average molecular weight is 349 g/mol. The van der Waals surface area contributed by atoms with Gasteiger partial charge in [-0.15, -0.1) is 0 Å². The number of amides is 1. The van der Waals surface area contributed by atoms with E-state index in [2.05, 4.69) is 10.2 Å². The van der Waals surface area contributed by atoms with Gasteiger partial charge >= 0.3 is 0 Å². The van der Waals surface area contributed by atoms with Crippen LogP contribution in [0.25, 0.3) is 5.69 Å². The molecule has 6 nitrogen and oxygen atoms in total. The van der Waals surface area contributed by atoms with Crippen LogP contribution in [0, 0.1) is 5.92 Å². The molecular formula is C20H23N5O. The van der Waals surface area contributed by atoms with Gasteiger partial charge in [-0.1, -0.05) is 6.07 Å². The fraction of sp³-hybridized carbons (Fsp3) is 0.350. The molecule has 134 valence electrons. The van der Waals surface area contributed by atoms with E-state index in [1.807, 2.05) is 64.6 Å². The first-order valence-corrected chi connectivity index (χ1v) is 9.16. The standard InChI is InChI=1S/C20H23N5O/c26-20(18-4-1-5-19(16-18)25-12-3-10-22-25)23-13-6-17(7-14-23)8-15-24-11-2-9-21-24/h1-5,9-12,16-17H,6-8,13-15H2. The van der Waals surface area contributed by atoms with Crippen LogP contribution in [0.2, 0.25) is 0 Å². The van der Waals surface area contributed by atoms with Gasteiger partial charge in [0.15, 0.2) is 0 Å². The molecule has 26 heavy (non-hydrogen) atoms. The van der Waals surface area contributed by atoms with E-state index in [0.717, 1.165) is 50.1 Å². The Morgan fingerprint density at radius 3 is 2.58 bits per heavy atom. The summed E-state index contributed by atoms with van der Waals surface area (Å²) in [5.74, 6) is 0.781. The highest BCUT2D eigenvalue weighted by atomic mass is 16.2. The predicted molar refractivity (Wildman–Crippen MR) is 99.0 cm³/mol. The van der Waals surface area contributed by atoms with E-state index in [1.54, 1.807) is 10.9 Å². The molecule has 0 bridgehead atoms. The first-order valence-electron chi connectivity index (χ1n) is 9.16. The molecule has 1 fully saturated rings. The van der Waals surface area contributed by atoms with Crippen LogP contribution in [-0.2, 0) is 6.54 Å². The van der Waals surface area contributed by atoms with Gasteiger partial charge in [-0.3, -0.25) is 9.48 Å². The number of hydrogen-bond donors (Lipinski definition) is 0. The highest BCUT2D eigenvalue weighted by Crippen LogP contribution is 2.23. The van der Waals surface area contributed by atoms with Crippen LogP contribution in [0.1, 0.15) is 29.6 Å². The molecule has 0 N–H and O–H groups in total. The van der Waals surface area contributed by atoms with Crippen LogP contribution >= 0.6 is 0 Å². The molecule has 0 atom stereocenters. The molecule has 2 aromatic heterocycles. The SMILES string of the molecule is O=C(c1cccc(-n2cccn2)c1)N1CCC(CCn2cccn2)CC1. The summed E-state index contributed by atoms with van der Waals surface area (Å²) in [7, 11) is 0. The summed E-state index contributed by atoms with van der Waals surface area (Å²) in [5, 5.41) is 8.49. The molecule has 4 rings (SSSR count). The van der Waals surface area contributed by atoms with Gasteiger partial charge in [-0.25, -0.2) is 4.68 Å². The lowest BCUT2D eigenvalue weighted by atomic mass is 9.93. The molecule has 0 unspecified atom stereocenters. The zero-order valence-electron chi connectivity index (χ0n) is 14.7. The van der Waals surface area contributed by atoms with Gasteiger partial charge in [0.05, 0.1) is 5.69 Å². The first-order chi connectivity index (χ1) is 12.8. The number of carbonyl (C=O) groups excluding carboxylic acids is 1. The van der Waals surface area contributed by atoms with E-state index in [9.17, 15) is 4.79 Å². The molecular weight excluding hydrogens is 326 g/mol. The number of hydrogen-bond acceptors (Lipinski definition) is 3. The fourth-order valence-electron chi connectivity index (χ4n) is 3.56. The first kappa shape index (κ1) is 16.6. The lowest BCUT2D eigenvalue weighted by Gasteiger charge is -2.32. The van der Waals surface area contributed by atoms with Gasteiger partial charge < -0.3 is 4.90 Å². The minimum atomic E-state index is 0.115. The Hall–Kier alpha value is -2.89. The monoisotopic (exact) mass is 349 g/mol. The van der Waals surface area contributed by atoms with Crippen molar-refractivity contribution in [2.75, 3.05) is 13.1 Å². The number of nitrogens with zero attached hydrogens (tertiary/aromatic N) is 5. The third-order valence-corrected chi connectivity index (χ3v) is 5.09. The van der Waals surface area contributed by atoms with E-state index in [0.29, 0.717) is 5.92 Å². The summed E-state index contributed by atoms with van der Waals surface area (Å²) in [6, 6.07) is 11.5. The second kappa shape index (κ2) is 7.56. The Labute approximate surface area is 153 Å². The predicted octanol–water partition coefficient (Wildman–Crippen LogP) is 3.01. The molecule has 1 amide bonds. The van der Waals surface area contributed by atoms with E-state index in [4.69, 9.17) is 0 Å². The lowest BCUT2D eigenvalue weighted by molar-refractivity contribution is 0.0684. The Balaban J connectivity index is 1.34. The van der Waals surface area contributed by atoms with Crippen molar-refractivity contribution in [2.24, 2.45) is 5.92 Å². The fourth-order valence-corrected chi connectivity index (χ4v) is 3.56. The van der Waals surface area contributed by atoms with Crippen LogP contribution < -0.4 is 0 Å². The van der Waals surface area contributed by atoms with E-state index in [-0.39, 0.29) is 5.91 Å². The smallest absolute Gasteiger partial charge is 0.253 e. The summed E-state index contributed by atoms with van der Waals surface area (Å²) < 4.78 is 3.76. The summed E-state index contributed by atoms with van der Waals surface area (Å²) >= 11 is 0. The Kier molecular flexibility index (Phi) is 4.82. The van der Waals surface area contributed by atoms with Crippen molar-refractivity contribution in [1.29, 1.82) is 0 Å². The highest BCUT2D eigenvalue weighted by molar-refractivity contribution is 5.94. The Morgan fingerprint density at radius 1 is 1.04 bits per heavy atom. The summed E-state index contributed by atoms with van der Waals surface area (Å²) in [6.07, 6.45) is 10.7. The molecule has 6 heteroatoms. The van der Waals surface area contributed by atoms with Gasteiger partial charge in [-0.2, -0.15) is 10.2 Å². The molecule has 1 aliphatic heterocycles. The number of carbonyl (C=O) groups is 1. The van der Waals surface area contributed by atoms with Crippen LogP contribution in [-0.4, -0.2) is 43.5 Å². The third kappa shape index (κ3) is 3.69. The molecule has 0 aliphatic carbocycles. The van der Waals surface area contributed by atoms with E-state index < -0.39 is 0 Å². The largest absolute Gasteiger partial charge is 0.339 e. The maximum atomic E-state index is 12.9. The topological polar surface area (TPSA) is 56.0 Å². The van der Waals surface area contributed by atoms with E-state index in [1.165, 1.54) is 0 Å². The van der Waals surface area contributed by atoms with Crippen molar-refractivity contribution >= 4 is 5.91 Å². The van der Waals surface area contributed by atoms with Crippen molar-refractivity contribution < 1.29 is 4.79 Å². The number of benzene rings is 1. The van der Waals surface area contributed by atoms with E-state index >= 15 is 0 Å². The van der Waals surface area contributed by atoms with Gasteiger partial charge in [-0.05, 0) is 55.5 Å². The summed E-state index contributed by atoms with van der Waals surface area (Å²) in [5.41, 5.74) is 1.64. The molecule has 0 radical (unpaired) electrons. The number of likely N-dealkylation sites (tertiary alicyclic amines) is 1. The zero-order chi connectivity index (χ0) is 17.8. The number of aryl methyl sites for hydroxylation is 1. The number of rotatable bonds is 5. The normalized spacial score (nSPS) is 15.3. The van der Waals surface area contributed by atoms with Crippen LogP contribution in [0.4, 0.5) is 0 Å². The molecule has 1 aromatic carbocycles. The third-order valence-electron chi connectivity index (χ3n) is 5.09. The number of piperidine rings is 1. The van der Waals surface area contributed by atoms with Crippen LogP contribution in [0.15, 0.2) is 61.2 Å². The van der Waals surface area contributed by atoms with Gasteiger partial charge in [0.2, 0.25) is 0 Å². The molecule has 1 aliphatic rings. The maximum absolute atomic E-state index is 12.9. The molecule has 3 aromatic rings. The Bertz CT molecular complexity index is 833. The quantitative estimate of drug-likeness (QED) is 0.711. The highest BCUT2D eigenvalue weighted by Gasteiger charge is 2.23. The zero-order valence-corrected chi connectivity index (χ0v) is 14.7. The second-order valence-electron chi connectivity index (χ2n) is 6.79. The average Bonchev–Trinajstić information content (AvgIpc) is 3.40.